The Labute approximate surface area is 114 Å². The van der Waals surface area contributed by atoms with E-state index in [4.69, 9.17) is 4.74 Å². The SMILES string of the molecule is CCc1nc(C)c(C(=O)NC2(C(=O)O)CCOC2)s1. The lowest BCUT2D eigenvalue weighted by Gasteiger charge is -2.23. The highest BCUT2D eigenvalue weighted by atomic mass is 32.1. The van der Waals surface area contributed by atoms with Crippen LogP contribution < -0.4 is 5.32 Å². The first-order valence-corrected chi connectivity index (χ1v) is 6.90. The predicted octanol–water partition coefficient (Wildman–Crippen LogP) is 0.987. The van der Waals surface area contributed by atoms with Gasteiger partial charge in [0.15, 0.2) is 5.54 Å². The Hall–Kier alpha value is -1.47. The maximum absolute atomic E-state index is 12.2. The molecule has 2 N–H and O–H groups in total. The van der Waals surface area contributed by atoms with Crippen LogP contribution in [-0.4, -0.2) is 40.7 Å². The van der Waals surface area contributed by atoms with Crippen molar-refractivity contribution in [1.82, 2.24) is 10.3 Å². The first-order chi connectivity index (χ1) is 8.98. The van der Waals surface area contributed by atoms with Crippen molar-refractivity contribution in [1.29, 1.82) is 0 Å². The lowest BCUT2D eigenvalue weighted by atomic mass is 9.99. The minimum Gasteiger partial charge on any atom is -0.479 e. The van der Waals surface area contributed by atoms with Crippen molar-refractivity contribution in [3.8, 4) is 0 Å². The second-order valence-electron chi connectivity index (χ2n) is 4.52. The number of carbonyl (C=O) groups excluding carboxylic acids is 1. The van der Waals surface area contributed by atoms with Crippen LogP contribution >= 0.6 is 11.3 Å². The van der Waals surface area contributed by atoms with Gasteiger partial charge in [-0.1, -0.05) is 6.92 Å². The molecule has 1 aromatic heterocycles. The van der Waals surface area contributed by atoms with Gasteiger partial charge in [-0.2, -0.15) is 0 Å². The summed E-state index contributed by atoms with van der Waals surface area (Å²) in [5.41, 5.74) is -0.668. The number of carbonyl (C=O) groups is 2. The zero-order chi connectivity index (χ0) is 14.0. The number of nitrogens with one attached hydrogen (secondary N) is 1. The van der Waals surface area contributed by atoms with Crippen molar-refractivity contribution in [3.05, 3.63) is 15.6 Å². The number of ether oxygens (including phenoxy) is 1. The highest BCUT2D eigenvalue weighted by molar-refractivity contribution is 7.13. The third kappa shape index (κ3) is 2.62. The molecule has 6 nitrogen and oxygen atoms in total. The minimum absolute atomic E-state index is 0.00651. The molecule has 1 fully saturated rings. The van der Waals surface area contributed by atoms with Crippen molar-refractivity contribution < 1.29 is 19.4 Å². The van der Waals surface area contributed by atoms with Crippen molar-refractivity contribution in [3.63, 3.8) is 0 Å². The molecule has 0 aromatic carbocycles. The first-order valence-electron chi connectivity index (χ1n) is 6.08. The second kappa shape index (κ2) is 5.26. The Morgan fingerprint density at radius 1 is 1.58 bits per heavy atom. The summed E-state index contributed by atoms with van der Waals surface area (Å²) in [5.74, 6) is -1.45. The quantitative estimate of drug-likeness (QED) is 0.860. The van der Waals surface area contributed by atoms with Crippen molar-refractivity contribution in [2.75, 3.05) is 13.2 Å². The van der Waals surface area contributed by atoms with E-state index in [9.17, 15) is 14.7 Å². The van der Waals surface area contributed by atoms with Crippen LogP contribution in [0.4, 0.5) is 0 Å². The molecule has 2 heterocycles. The summed E-state index contributed by atoms with van der Waals surface area (Å²) < 4.78 is 5.11. The smallest absolute Gasteiger partial charge is 0.331 e. The normalized spacial score (nSPS) is 22.4. The largest absolute Gasteiger partial charge is 0.479 e. The Bertz CT molecular complexity index is 506. The zero-order valence-corrected chi connectivity index (χ0v) is 11.7. The van der Waals surface area contributed by atoms with E-state index in [1.165, 1.54) is 11.3 Å². The Balaban J connectivity index is 2.20. The second-order valence-corrected chi connectivity index (χ2v) is 5.60. The summed E-state index contributed by atoms with van der Waals surface area (Å²) >= 11 is 1.30. The Kier molecular flexibility index (Phi) is 3.86. The Morgan fingerprint density at radius 3 is 2.79 bits per heavy atom. The van der Waals surface area contributed by atoms with Crippen LogP contribution in [-0.2, 0) is 16.0 Å². The molecule has 104 valence electrons. The van der Waals surface area contributed by atoms with Gasteiger partial charge in [-0.05, 0) is 13.3 Å². The van der Waals surface area contributed by atoms with Crippen LogP contribution in [0.2, 0.25) is 0 Å². The van der Waals surface area contributed by atoms with E-state index in [1.807, 2.05) is 6.92 Å². The summed E-state index contributed by atoms with van der Waals surface area (Å²) in [4.78, 5) is 28.3. The number of amides is 1. The summed E-state index contributed by atoms with van der Waals surface area (Å²) in [5, 5.41) is 12.7. The van der Waals surface area contributed by atoms with E-state index < -0.39 is 11.5 Å². The Morgan fingerprint density at radius 2 is 2.32 bits per heavy atom. The van der Waals surface area contributed by atoms with Crippen LogP contribution in [0.3, 0.4) is 0 Å². The number of thiazole rings is 1. The number of aliphatic carboxylic acids is 1. The highest BCUT2D eigenvalue weighted by Crippen LogP contribution is 2.23. The molecule has 0 radical (unpaired) electrons. The van der Waals surface area contributed by atoms with Crippen molar-refractivity contribution in [2.45, 2.75) is 32.2 Å². The number of hydrogen-bond donors (Lipinski definition) is 2. The monoisotopic (exact) mass is 284 g/mol. The summed E-state index contributed by atoms with van der Waals surface area (Å²) in [6, 6.07) is 0. The van der Waals surface area contributed by atoms with E-state index in [-0.39, 0.29) is 18.9 Å². The van der Waals surface area contributed by atoms with Gasteiger partial charge in [0.25, 0.3) is 5.91 Å². The number of nitrogens with zero attached hydrogens (tertiary/aromatic N) is 1. The maximum atomic E-state index is 12.2. The van der Waals surface area contributed by atoms with Crippen molar-refractivity contribution >= 4 is 23.2 Å². The average Bonchev–Trinajstić information content (AvgIpc) is 2.96. The van der Waals surface area contributed by atoms with Gasteiger partial charge in [0.2, 0.25) is 0 Å². The number of aromatic nitrogens is 1. The summed E-state index contributed by atoms with van der Waals surface area (Å²) in [6.07, 6.45) is 1.04. The van der Waals surface area contributed by atoms with Gasteiger partial charge in [0, 0.05) is 13.0 Å². The fraction of sp³-hybridized carbons (Fsp3) is 0.583. The van der Waals surface area contributed by atoms with Gasteiger partial charge in [0.1, 0.15) is 4.88 Å². The van der Waals surface area contributed by atoms with E-state index in [0.717, 1.165) is 11.4 Å². The molecule has 0 aliphatic carbocycles. The average molecular weight is 284 g/mol. The molecule has 1 atom stereocenters. The van der Waals surface area contributed by atoms with Gasteiger partial charge in [-0.3, -0.25) is 4.79 Å². The zero-order valence-electron chi connectivity index (χ0n) is 10.9. The molecule has 1 amide bonds. The molecule has 0 spiro atoms. The van der Waals surface area contributed by atoms with Crippen molar-refractivity contribution in [2.24, 2.45) is 0 Å². The van der Waals surface area contributed by atoms with Crippen LogP contribution in [0.15, 0.2) is 0 Å². The molecule has 1 aliphatic heterocycles. The first kappa shape index (κ1) is 14.0. The fourth-order valence-corrected chi connectivity index (χ4v) is 2.87. The third-order valence-corrected chi connectivity index (χ3v) is 4.43. The molecule has 1 saturated heterocycles. The van der Waals surface area contributed by atoms with E-state index in [1.54, 1.807) is 6.92 Å². The van der Waals surface area contributed by atoms with E-state index >= 15 is 0 Å². The van der Waals surface area contributed by atoms with Crippen LogP contribution in [0.25, 0.3) is 0 Å². The minimum atomic E-state index is -1.31. The van der Waals surface area contributed by atoms with Gasteiger partial charge in [-0.25, -0.2) is 9.78 Å². The van der Waals surface area contributed by atoms with E-state index in [0.29, 0.717) is 17.2 Å². The highest BCUT2D eigenvalue weighted by Gasteiger charge is 2.44. The lowest BCUT2D eigenvalue weighted by molar-refractivity contribution is -0.144. The summed E-state index contributed by atoms with van der Waals surface area (Å²) in [7, 11) is 0. The van der Waals surface area contributed by atoms with Gasteiger partial charge >= 0.3 is 5.97 Å². The maximum Gasteiger partial charge on any atom is 0.331 e. The molecule has 0 bridgehead atoms. The number of carboxylic acids is 1. The number of hydrogen-bond acceptors (Lipinski definition) is 5. The molecule has 1 unspecified atom stereocenters. The van der Waals surface area contributed by atoms with Gasteiger partial charge < -0.3 is 15.2 Å². The number of rotatable bonds is 4. The topological polar surface area (TPSA) is 88.5 Å². The molecule has 1 aromatic rings. The molecule has 7 heteroatoms. The molecule has 0 saturated carbocycles. The molecule has 19 heavy (non-hydrogen) atoms. The molecular formula is C12H16N2O4S. The van der Waals surface area contributed by atoms with E-state index in [2.05, 4.69) is 10.3 Å². The third-order valence-electron chi connectivity index (χ3n) is 3.13. The number of carboxylic acid groups (broad SMARTS) is 1. The van der Waals surface area contributed by atoms with Gasteiger partial charge in [0.05, 0.1) is 17.3 Å². The molecule has 2 rings (SSSR count). The van der Waals surface area contributed by atoms with Crippen LogP contribution in [0, 0.1) is 6.92 Å². The van der Waals surface area contributed by atoms with Gasteiger partial charge in [-0.15, -0.1) is 11.3 Å². The van der Waals surface area contributed by atoms with Crippen LogP contribution in [0.5, 0.6) is 0 Å². The predicted molar refractivity (Wildman–Crippen MR) is 69.5 cm³/mol. The number of aryl methyl sites for hydroxylation is 2. The summed E-state index contributed by atoms with van der Waals surface area (Å²) in [6.45, 7) is 4.06. The standard InChI is InChI=1S/C12H16N2O4S/c1-3-8-13-7(2)9(19-8)10(15)14-12(11(16)17)4-5-18-6-12/h3-6H2,1-2H3,(H,14,15)(H,16,17). The van der Waals surface area contributed by atoms with Crippen LogP contribution in [0.1, 0.15) is 33.7 Å². The molecule has 1 aliphatic rings. The lowest BCUT2D eigenvalue weighted by Crippen LogP contribution is -2.55. The molecular weight excluding hydrogens is 268 g/mol. The fourth-order valence-electron chi connectivity index (χ4n) is 1.97.